The van der Waals surface area contributed by atoms with Crippen molar-refractivity contribution >= 4 is 41.3 Å². The minimum absolute atomic E-state index is 0. The average molecular weight is 494 g/mol. The maximum absolute atomic E-state index is 4.87. The van der Waals surface area contributed by atoms with Crippen LogP contribution in [-0.2, 0) is 12.0 Å². The third-order valence-electron chi connectivity index (χ3n) is 4.81. The lowest BCUT2D eigenvalue weighted by Gasteiger charge is -2.27. The van der Waals surface area contributed by atoms with Gasteiger partial charge in [-0.1, -0.05) is 34.6 Å². The van der Waals surface area contributed by atoms with Crippen LogP contribution in [0.5, 0.6) is 0 Å². The first-order valence-electron chi connectivity index (χ1n) is 9.61. The first kappa shape index (κ1) is 23.6. The number of hydrogen-bond acceptors (Lipinski definition) is 4. The Bertz CT molecular complexity index is 563. The minimum atomic E-state index is 0. The van der Waals surface area contributed by atoms with Gasteiger partial charge < -0.3 is 10.2 Å². The fourth-order valence-corrected chi connectivity index (χ4v) is 4.21. The summed E-state index contributed by atoms with van der Waals surface area (Å²) in [6.07, 6.45) is 1.22. The molecule has 0 spiro atoms. The van der Waals surface area contributed by atoms with Crippen LogP contribution in [0.15, 0.2) is 10.4 Å². The number of hydrogen-bond donors (Lipinski definition) is 1. The summed E-state index contributed by atoms with van der Waals surface area (Å²) in [6, 6.07) is 0.645. The molecule has 1 aromatic heterocycles. The van der Waals surface area contributed by atoms with Crippen molar-refractivity contribution in [2.45, 2.75) is 66.0 Å². The molecule has 0 bridgehead atoms. The summed E-state index contributed by atoms with van der Waals surface area (Å²) in [5.74, 6) is 1.03. The zero-order chi connectivity index (χ0) is 18.4. The molecule has 0 radical (unpaired) electrons. The molecular weight excluding hydrogens is 457 g/mol. The molecule has 5 nitrogen and oxygen atoms in total. The summed E-state index contributed by atoms with van der Waals surface area (Å²) >= 11 is 1.72. The Labute approximate surface area is 180 Å². The number of halogens is 1. The molecule has 150 valence electrons. The first-order valence-corrected chi connectivity index (χ1v) is 10.5. The van der Waals surface area contributed by atoms with Crippen LogP contribution in [0, 0.1) is 0 Å². The highest BCUT2D eigenvalue weighted by Crippen LogP contribution is 2.24. The summed E-state index contributed by atoms with van der Waals surface area (Å²) in [5.41, 5.74) is 1.27. The third-order valence-corrected chi connectivity index (χ3v) is 5.64. The van der Waals surface area contributed by atoms with Gasteiger partial charge in [0.25, 0.3) is 0 Å². The molecule has 26 heavy (non-hydrogen) atoms. The van der Waals surface area contributed by atoms with Crippen molar-refractivity contribution in [3.63, 3.8) is 0 Å². The van der Waals surface area contributed by atoms with Crippen molar-refractivity contribution in [1.29, 1.82) is 0 Å². The van der Waals surface area contributed by atoms with E-state index in [9.17, 15) is 0 Å². The molecular formula is C19H36IN5S. The second kappa shape index (κ2) is 10.8. The lowest BCUT2D eigenvalue weighted by molar-refractivity contribution is 0.223. The number of nitrogens with zero attached hydrogens (tertiary/aromatic N) is 4. The maximum Gasteiger partial charge on any atom is 0.194 e. The van der Waals surface area contributed by atoms with Crippen molar-refractivity contribution in [3.8, 4) is 0 Å². The van der Waals surface area contributed by atoms with Gasteiger partial charge in [-0.05, 0) is 26.4 Å². The largest absolute Gasteiger partial charge is 0.357 e. The Morgan fingerprint density at radius 2 is 2.04 bits per heavy atom. The molecule has 2 heterocycles. The molecule has 0 saturated carbocycles. The van der Waals surface area contributed by atoms with Crippen LogP contribution in [0.1, 0.15) is 58.7 Å². The molecule has 0 amide bonds. The zero-order valence-corrected chi connectivity index (χ0v) is 20.4. The van der Waals surface area contributed by atoms with Crippen LogP contribution in [0.4, 0.5) is 0 Å². The van der Waals surface area contributed by atoms with E-state index in [0.29, 0.717) is 12.6 Å². The Morgan fingerprint density at radius 3 is 2.58 bits per heavy atom. The fraction of sp³-hybridized carbons (Fsp3) is 0.789. The van der Waals surface area contributed by atoms with E-state index in [4.69, 9.17) is 9.98 Å². The molecule has 1 unspecified atom stereocenters. The van der Waals surface area contributed by atoms with Crippen LogP contribution in [-0.4, -0.2) is 59.5 Å². The average Bonchev–Trinajstić information content (AvgIpc) is 3.22. The van der Waals surface area contributed by atoms with Crippen LogP contribution in [0.2, 0.25) is 0 Å². The summed E-state index contributed by atoms with van der Waals surface area (Å²) < 4.78 is 0. The van der Waals surface area contributed by atoms with E-state index in [2.05, 4.69) is 62.0 Å². The molecule has 0 aromatic carbocycles. The van der Waals surface area contributed by atoms with Crippen molar-refractivity contribution in [1.82, 2.24) is 20.1 Å². The molecule has 1 N–H and O–H groups in total. The predicted molar refractivity (Wildman–Crippen MR) is 124 cm³/mol. The van der Waals surface area contributed by atoms with Crippen LogP contribution >= 0.6 is 35.3 Å². The zero-order valence-electron chi connectivity index (χ0n) is 17.2. The standard InChI is InChI=1S/C19H35N5S.HI/c1-7-20-18(24-11-10-15(13-24)23(8-2)9-3)21-12-17-22-16(14-25-17)19(4,5)6;/h14-15H,7-13H2,1-6H3,(H,20,21);1H. The lowest BCUT2D eigenvalue weighted by Crippen LogP contribution is -2.43. The Kier molecular flexibility index (Phi) is 9.82. The van der Waals surface area contributed by atoms with Crippen molar-refractivity contribution in [2.24, 2.45) is 4.99 Å². The highest BCUT2D eigenvalue weighted by molar-refractivity contribution is 14.0. The van der Waals surface area contributed by atoms with Gasteiger partial charge in [-0.15, -0.1) is 35.3 Å². The van der Waals surface area contributed by atoms with Gasteiger partial charge in [-0.3, -0.25) is 4.90 Å². The molecule has 1 atom stereocenters. The van der Waals surface area contributed by atoms with E-state index in [1.807, 2.05) is 0 Å². The predicted octanol–water partition coefficient (Wildman–Crippen LogP) is 3.94. The third kappa shape index (κ3) is 6.34. The fourth-order valence-electron chi connectivity index (χ4n) is 3.27. The van der Waals surface area contributed by atoms with E-state index >= 15 is 0 Å². The number of aliphatic imine (C=N–C) groups is 1. The van der Waals surface area contributed by atoms with Gasteiger partial charge >= 0.3 is 0 Å². The normalized spacial score (nSPS) is 18.3. The summed E-state index contributed by atoms with van der Waals surface area (Å²) in [5, 5.41) is 6.73. The van der Waals surface area contributed by atoms with Crippen LogP contribution in [0.3, 0.4) is 0 Å². The van der Waals surface area contributed by atoms with Gasteiger partial charge in [0, 0.05) is 36.5 Å². The van der Waals surface area contributed by atoms with Gasteiger partial charge in [0.15, 0.2) is 5.96 Å². The number of likely N-dealkylation sites (tertiary alicyclic amines) is 1. The van der Waals surface area contributed by atoms with Gasteiger partial charge in [-0.2, -0.15) is 0 Å². The number of aromatic nitrogens is 1. The SMILES string of the molecule is CCNC(=NCc1nc(C(C)(C)C)cs1)N1CCC(N(CC)CC)C1.I. The van der Waals surface area contributed by atoms with Crippen LogP contribution < -0.4 is 5.32 Å². The molecule has 1 aliphatic rings. The second-order valence-corrected chi connectivity index (χ2v) is 8.60. The Hall–Kier alpha value is -0.410. The molecule has 1 aromatic rings. The van der Waals surface area contributed by atoms with E-state index in [-0.39, 0.29) is 29.4 Å². The highest BCUT2D eigenvalue weighted by Gasteiger charge is 2.28. The number of rotatable bonds is 6. The molecule has 1 aliphatic heterocycles. The molecule has 2 rings (SSSR count). The minimum Gasteiger partial charge on any atom is -0.357 e. The first-order chi connectivity index (χ1) is 11.9. The number of nitrogens with one attached hydrogen (secondary N) is 1. The summed E-state index contributed by atoms with van der Waals surface area (Å²) in [4.78, 5) is 14.6. The summed E-state index contributed by atoms with van der Waals surface area (Å²) in [6.45, 7) is 19.2. The van der Waals surface area contributed by atoms with E-state index < -0.39 is 0 Å². The molecule has 1 saturated heterocycles. The number of guanidine groups is 1. The van der Waals surface area contributed by atoms with Gasteiger partial charge in [-0.25, -0.2) is 9.98 Å². The Balaban J connectivity index is 0.00000338. The van der Waals surface area contributed by atoms with Gasteiger partial charge in [0.2, 0.25) is 0 Å². The van der Waals surface area contributed by atoms with E-state index in [1.165, 1.54) is 6.42 Å². The lowest BCUT2D eigenvalue weighted by atomic mass is 9.93. The smallest absolute Gasteiger partial charge is 0.194 e. The highest BCUT2D eigenvalue weighted by atomic mass is 127. The van der Waals surface area contributed by atoms with Crippen molar-refractivity contribution in [3.05, 3.63) is 16.1 Å². The quantitative estimate of drug-likeness (QED) is 0.371. The van der Waals surface area contributed by atoms with Crippen molar-refractivity contribution in [2.75, 3.05) is 32.7 Å². The molecule has 0 aliphatic carbocycles. The number of likely N-dealkylation sites (N-methyl/N-ethyl adjacent to an activating group) is 1. The van der Waals surface area contributed by atoms with Crippen LogP contribution in [0.25, 0.3) is 0 Å². The topological polar surface area (TPSA) is 43.8 Å². The van der Waals surface area contributed by atoms with Crippen molar-refractivity contribution < 1.29 is 0 Å². The Morgan fingerprint density at radius 1 is 1.35 bits per heavy atom. The van der Waals surface area contributed by atoms with Gasteiger partial charge in [0.1, 0.15) is 5.01 Å². The van der Waals surface area contributed by atoms with E-state index in [1.54, 1.807) is 11.3 Å². The monoisotopic (exact) mass is 493 g/mol. The molecule has 7 heteroatoms. The molecule has 1 fully saturated rings. The van der Waals surface area contributed by atoms with E-state index in [0.717, 1.165) is 49.4 Å². The van der Waals surface area contributed by atoms with Gasteiger partial charge in [0.05, 0.1) is 12.2 Å². The number of thiazole rings is 1. The maximum atomic E-state index is 4.87. The summed E-state index contributed by atoms with van der Waals surface area (Å²) in [7, 11) is 0. The second-order valence-electron chi connectivity index (χ2n) is 7.66.